The molecule has 0 aliphatic heterocycles. The van der Waals surface area contributed by atoms with Gasteiger partial charge in [0, 0.05) is 10.9 Å². The number of anilines is 1. The van der Waals surface area contributed by atoms with Crippen molar-refractivity contribution in [1.82, 2.24) is 15.0 Å². The topological polar surface area (TPSA) is 50.7 Å². The zero-order valence-corrected chi connectivity index (χ0v) is 11.1. The number of nitrogens with zero attached hydrogens (tertiary/aromatic N) is 3. The van der Waals surface area contributed by atoms with Crippen molar-refractivity contribution < 1.29 is 0 Å². The van der Waals surface area contributed by atoms with Crippen molar-refractivity contribution in [3.05, 3.63) is 33.6 Å². The molecule has 4 nitrogen and oxygen atoms in total. The molecule has 0 saturated carbocycles. The third kappa shape index (κ3) is 3.14. The molecule has 0 aliphatic carbocycles. The molecular formula is C11H13ClN4S. The van der Waals surface area contributed by atoms with E-state index in [1.165, 1.54) is 6.33 Å². The summed E-state index contributed by atoms with van der Waals surface area (Å²) in [5, 5.41) is 5.79. The first kappa shape index (κ1) is 12.3. The Balaban J connectivity index is 2.11. The maximum absolute atomic E-state index is 6.06. The van der Waals surface area contributed by atoms with Crippen LogP contribution < -0.4 is 5.32 Å². The van der Waals surface area contributed by atoms with E-state index in [2.05, 4.69) is 27.2 Å². The first-order chi connectivity index (χ1) is 8.31. The highest BCUT2D eigenvalue weighted by Gasteiger charge is 2.08. The Kier molecular flexibility index (Phi) is 4.28. The van der Waals surface area contributed by atoms with Crippen molar-refractivity contribution in [3.63, 3.8) is 0 Å². The van der Waals surface area contributed by atoms with Crippen LogP contribution in [-0.4, -0.2) is 15.0 Å². The SMILES string of the molecule is CCCc1c(Cl)ncnc1NCc1cscn1. The summed E-state index contributed by atoms with van der Waals surface area (Å²) in [4.78, 5) is 12.4. The molecule has 0 radical (unpaired) electrons. The van der Waals surface area contributed by atoms with E-state index in [9.17, 15) is 0 Å². The van der Waals surface area contributed by atoms with Crippen LogP contribution in [0.3, 0.4) is 0 Å². The third-order valence-electron chi connectivity index (χ3n) is 2.31. The fourth-order valence-electron chi connectivity index (χ4n) is 1.51. The normalized spacial score (nSPS) is 10.5. The first-order valence-corrected chi connectivity index (χ1v) is 6.73. The van der Waals surface area contributed by atoms with Gasteiger partial charge in [-0.15, -0.1) is 11.3 Å². The highest BCUT2D eigenvalue weighted by Crippen LogP contribution is 2.21. The van der Waals surface area contributed by atoms with E-state index < -0.39 is 0 Å². The molecule has 6 heteroatoms. The van der Waals surface area contributed by atoms with Gasteiger partial charge in [0.2, 0.25) is 0 Å². The second-order valence-electron chi connectivity index (χ2n) is 3.57. The molecule has 0 bridgehead atoms. The van der Waals surface area contributed by atoms with Gasteiger partial charge in [-0.05, 0) is 6.42 Å². The second kappa shape index (κ2) is 5.93. The van der Waals surface area contributed by atoms with Gasteiger partial charge in [0.25, 0.3) is 0 Å². The summed E-state index contributed by atoms with van der Waals surface area (Å²) in [5.74, 6) is 0.805. The molecule has 0 aromatic carbocycles. The highest BCUT2D eigenvalue weighted by molar-refractivity contribution is 7.07. The summed E-state index contributed by atoms with van der Waals surface area (Å²) in [5.41, 5.74) is 3.80. The number of nitrogens with one attached hydrogen (secondary N) is 1. The van der Waals surface area contributed by atoms with Crippen molar-refractivity contribution in [2.75, 3.05) is 5.32 Å². The molecule has 90 valence electrons. The number of halogens is 1. The Morgan fingerprint density at radius 3 is 2.94 bits per heavy atom. The summed E-state index contributed by atoms with van der Waals surface area (Å²) < 4.78 is 0. The predicted octanol–water partition coefficient (Wildman–Crippen LogP) is 3.15. The Morgan fingerprint density at radius 1 is 1.35 bits per heavy atom. The Hall–Kier alpha value is -1.20. The number of aromatic nitrogens is 3. The van der Waals surface area contributed by atoms with Gasteiger partial charge in [0.1, 0.15) is 17.3 Å². The fourth-order valence-corrected chi connectivity index (χ4v) is 2.30. The van der Waals surface area contributed by atoms with Gasteiger partial charge >= 0.3 is 0 Å². The van der Waals surface area contributed by atoms with Gasteiger partial charge in [0.15, 0.2) is 0 Å². The van der Waals surface area contributed by atoms with Crippen LogP contribution in [0, 0.1) is 0 Å². The average molecular weight is 269 g/mol. The molecule has 2 rings (SSSR count). The molecule has 0 amide bonds. The minimum atomic E-state index is 0.530. The van der Waals surface area contributed by atoms with Gasteiger partial charge in [-0.25, -0.2) is 15.0 Å². The first-order valence-electron chi connectivity index (χ1n) is 5.41. The van der Waals surface area contributed by atoms with E-state index in [-0.39, 0.29) is 0 Å². The largest absolute Gasteiger partial charge is 0.364 e. The lowest BCUT2D eigenvalue weighted by atomic mass is 10.2. The van der Waals surface area contributed by atoms with Crippen molar-refractivity contribution in [2.45, 2.75) is 26.3 Å². The molecule has 1 N–H and O–H groups in total. The van der Waals surface area contributed by atoms with E-state index >= 15 is 0 Å². The molecular weight excluding hydrogens is 256 g/mol. The molecule has 0 aliphatic rings. The van der Waals surface area contributed by atoms with Gasteiger partial charge in [0.05, 0.1) is 17.7 Å². The van der Waals surface area contributed by atoms with Crippen molar-refractivity contribution in [1.29, 1.82) is 0 Å². The zero-order chi connectivity index (χ0) is 12.1. The predicted molar refractivity (Wildman–Crippen MR) is 70.5 cm³/mol. The Morgan fingerprint density at radius 2 is 2.24 bits per heavy atom. The van der Waals surface area contributed by atoms with Gasteiger partial charge in [-0.1, -0.05) is 24.9 Å². The molecule has 2 aromatic rings. The smallest absolute Gasteiger partial charge is 0.137 e. The molecule has 0 spiro atoms. The van der Waals surface area contributed by atoms with Crippen LogP contribution in [0.25, 0.3) is 0 Å². The van der Waals surface area contributed by atoms with E-state index in [4.69, 9.17) is 11.6 Å². The van der Waals surface area contributed by atoms with Crippen LogP contribution in [0.4, 0.5) is 5.82 Å². The monoisotopic (exact) mass is 268 g/mol. The summed E-state index contributed by atoms with van der Waals surface area (Å²) in [6.07, 6.45) is 3.36. The summed E-state index contributed by atoms with van der Waals surface area (Å²) in [6.45, 7) is 2.76. The maximum atomic E-state index is 6.06. The average Bonchev–Trinajstić information content (AvgIpc) is 2.83. The van der Waals surface area contributed by atoms with Crippen molar-refractivity contribution in [3.8, 4) is 0 Å². The molecule has 2 aromatic heterocycles. The molecule has 0 atom stereocenters. The molecule has 17 heavy (non-hydrogen) atoms. The quantitative estimate of drug-likeness (QED) is 0.847. The van der Waals surface area contributed by atoms with Crippen molar-refractivity contribution >= 4 is 28.8 Å². The lowest BCUT2D eigenvalue weighted by Crippen LogP contribution is -2.06. The van der Waals surface area contributed by atoms with Crippen LogP contribution in [0.2, 0.25) is 5.15 Å². The number of hydrogen-bond donors (Lipinski definition) is 1. The lowest BCUT2D eigenvalue weighted by molar-refractivity contribution is 0.895. The van der Waals surface area contributed by atoms with Gasteiger partial charge in [-0.2, -0.15) is 0 Å². The summed E-state index contributed by atoms with van der Waals surface area (Å²) in [6, 6.07) is 0. The minimum Gasteiger partial charge on any atom is -0.364 e. The van der Waals surface area contributed by atoms with Gasteiger partial charge in [-0.3, -0.25) is 0 Å². The molecule has 0 unspecified atom stereocenters. The Bertz CT molecular complexity index is 472. The van der Waals surface area contributed by atoms with E-state index in [0.29, 0.717) is 11.7 Å². The van der Waals surface area contributed by atoms with Crippen molar-refractivity contribution in [2.24, 2.45) is 0 Å². The van der Waals surface area contributed by atoms with Crippen LogP contribution >= 0.6 is 22.9 Å². The lowest BCUT2D eigenvalue weighted by Gasteiger charge is -2.10. The maximum Gasteiger partial charge on any atom is 0.137 e. The third-order valence-corrected chi connectivity index (χ3v) is 3.27. The number of thiazole rings is 1. The van der Waals surface area contributed by atoms with E-state index in [0.717, 1.165) is 29.9 Å². The number of hydrogen-bond acceptors (Lipinski definition) is 5. The summed E-state index contributed by atoms with van der Waals surface area (Å²) in [7, 11) is 0. The van der Waals surface area contributed by atoms with Crippen LogP contribution in [0.15, 0.2) is 17.2 Å². The van der Waals surface area contributed by atoms with Crippen LogP contribution in [0.5, 0.6) is 0 Å². The Labute approximate surface area is 109 Å². The van der Waals surface area contributed by atoms with Gasteiger partial charge < -0.3 is 5.32 Å². The summed E-state index contributed by atoms with van der Waals surface area (Å²) >= 11 is 7.65. The molecule has 0 saturated heterocycles. The highest BCUT2D eigenvalue weighted by atomic mass is 35.5. The second-order valence-corrected chi connectivity index (χ2v) is 4.65. The zero-order valence-electron chi connectivity index (χ0n) is 9.48. The van der Waals surface area contributed by atoms with E-state index in [1.54, 1.807) is 11.3 Å². The molecule has 2 heterocycles. The minimum absolute atomic E-state index is 0.530. The fraction of sp³-hybridized carbons (Fsp3) is 0.364. The van der Waals surface area contributed by atoms with Crippen LogP contribution in [-0.2, 0) is 13.0 Å². The van der Waals surface area contributed by atoms with E-state index in [1.807, 2.05) is 10.9 Å². The standard InChI is InChI=1S/C11H13ClN4S/c1-2-3-9-10(12)14-6-15-11(9)13-4-8-5-17-7-16-8/h5-7H,2-4H2,1H3,(H,13,14,15). The number of rotatable bonds is 5. The van der Waals surface area contributed by atoms with Crippen LogP contribution in [0.1, 0.15) is 24.6 Å². The molecule has 0 fully saturated rings.